The molecule has 1 atom stereocenters. The highest BCUT2D eigenvalue weighted by Gasteiger charge is 2.29. The van der Waals surface area contributed by atoms with Gasteiger partial charge in [0.05, 0.1) is 13.7 Å². The van der Waals surface area contributed by atoms with Crippen molar-refractivity contribution in [2.75, 3.05) is 26.8 Å². The van der Waals surface area contributed by atoms with Gasteiger partial charge in [-0.3, -0.25) is 9.59 Å². The molecule has 0 bridgehead atoms. The zero-order valence-electron chi connectivity index (χ0n) is 30.5. The molecule has 0 aliphatic heterocycles. The summed E-state index contributed by atoms with van der Waals surface area (Å²) in [6, 6.07) is 28.7. The smallest absolute Gasteiger partial charge is 0.408 e. The Morgan fingerprint density at radius 2 is 1.30 bits per heavy atom. The maximum Gasteiger partial charge on any atom is 0.408 e. The molecule has 4 amide bonds. The summed E-state index contributed by atoms with van der Waals surface area (Å²) in [7, 11) is 1.20. The summed E-state index contributed by atoms with van der Waals surface area (Å²) in [5.74, 6) is 4.36. The summed E-state index contributed by atoms with van der Waals surface area (Å²) in [4.78, 5) is 62.0. The molecular weight excluding hydrogens is 688 g/mol. The number of hydrogen-bond acceptors (Lipinski definition) is 8. The minimum absolute atomic E-state index is 0.104. The van der Waals surface area contributed by atoms with E-state index < -0.39 is 35.7 Å². The van der Waals surface area contributed by atoms with E-state index >= 15 is 0 Å². The number of carbonyl (C=O) groups is 5. The van der Waals surface area contributed by atoms with Crippen LogP contribution in [-0.4, -0.2) is 68.4 Å². The molecule has 5 rings (SSSR count). The SMILES string of the molecule is COC(=O)[C@H](CNC(=O)OCC1c2ccccc2-c2ccccc21)NC(=O)c1ccc(C#Cc2ccc(CNC(=O)CNC(=O)OC(C)(C)C)cc2)cc1. The number of nitrogens with one attached hydrogen (secondary N) is 4. The molecule has 0 heterocycles. The summed E-state index contributed by atoms with van der Waals surface area (Å²) in [5, 5.41) is 10.3. The average Bonchev–Trinajstić information content (AvgIpc) is 3.49. The fourth-order valence-electron chi connectivity index (χ4n) is 5.70. The lowest BCUT2D eigenvalue weighted by Gasteiger charge is -2.19. The van der Waals surface area contributed by atoms with Gasteiger partial charge >= 0.3 is 18.2 Å². The number of alkyl carbamates (subject to hydrolysis) is 2. The summed E-state index contributed by atoms with van der Waals surface area (Å²) >= 11 is 0. The van der Waals surface area contributed by atoms with Crippen LogP contribution >= 0.6 is 0 Å². The van der Waals surface area contributed by atoms with Gasteiger partial charge < -0.3 is 35.5 Å². The number of benzene rings is 4. The molecule has 0 fully saturated rings. The highest BCUT2D eigenvalue weighted by Crippen LogP contribution is 2.44. The van der Waals surface area contributed by atoms with Gasteiger partial charge in [-0.2, -0.15) is 0 Å². The molecule has 0 aromatic heterocycles. The van der Waals surface area contributed by atoms with Crippen LogP contribution < -0.4 is 21.3 Å². The Labute approximate surface area is 314 Å². The third-order valence-electron chi connectivity index (χ3n) is 8.32. The number of amides is 4. The Morgan fingerprint density at radius 3 is 1.87 bits per heavy atom. The minimum atomic E-state index is -1.16. The van der Waals surface area contributed by atoms with Gasteiger partial charge in [-0.25, -0.2) is 14.4 Å². The van der Waals surface area contributed by atoms with Crippen molar-refractivity contribution in [3.05, 3.63) is 130 Å². The Balaban J connectivity index is 1.08. The van der Waals surface area contributed by atoms with E-state index in [-0.39, 0.29) is 43.6 Å². The van der Waals surface area contributed by atoms with Crippen LogP contribution in [0.5, 0.6) is 0 Å². The monoisotopic (exact) mass is 730 g/mol. The van der Waals surface area contributed by atoms with E-state index in [0.29, 0.717) is 5.56 Å². The average molecular weight is 731 g/mol. The van der Waals surface area contributed by atoms with E-state index in [1.165, 1.54) is 7.11 Å². The topological polar surface area (TPSA) is 161 Å². The van der Waals surface area contributed by atoms with Crippen molar-refractivity contribution in [1.29, 1.82) is 0 Å². The van der Waals surface area contributed by atoms with Crippen LogP contribution in [0.4, 0.5) is 9.59 Å². The van der Waals surface area contributed by atoms with E-state index in [4.69, 9.17) is 14.2 Å². The standard InChI is InChI=1S/C42H42N4O8/c1-42(2,3)54-41(51)45-25-37(47)43-23-29-17-15-27(16-18-29)13-14-28-19-21-30(22-20-28)38(48)46-36(39(49)52-4)24-44-40(50)53-26-35-33-11-7-5-9-31(33)32-10-6-8-12-34(32)35/h5-12,15-22,35-36H,23-26H2,1-4H3,(H,43,47)(H,44,50)(H,45,51)(H,46,48)/t36-/m0/s1. The molecule has 278 valence electrons. The largest absolute Gasteiger partial charge is 0.467 e. The molecular formula is C42H42N4O8. The molecule has 12 nitrogen and oxygen atoms in total. The maximum atomic E-state index is 13.0. The zero-order chi connectivity index (χ0) is 38.7. The minimum Gasteiger partial charge on any atom is -0.467 e. The molecule has 4 aromatic carbocycles. The molecule has 0 spiro atoms. The van der Waals surface area contributed by atoms with Gasteiger partial charge in [0, 0.05) is 29.2 Å². The zero-order valence-corrected chi connectivity index (χ0v) is 30.5. The molecule has 0 unspecified atom stereocenters. The fraction of sp³-hybridized carbons (Fsp3) is 0.262. The summed E-state index contributed by atoms with van der Waals surface area (Å²) in [5.41, 5.74) is 6.23. The lowest BCUT2D eigenvalue weighted by Crippen LogP contribution is -2.49. The van der Waals surface area contributed by atoms with Crippen LogP contribution in [0, 0.1) is 11.8 Å². The van der Waals surface area contributed by atoms with E-state index in [9.17, 15) is 24.0 Å². The quantitative estimate of drug-likeness (QED) is 0.0949. The summed E-state index contributed by atoms with van der Waals surface area (Å²) < 4.78 is 15.5. The Hall–Kier alpha value is -6.61. The molecule has 12 heteroatoms. The van der Waals surface area contributed by atoms with Crippen molar-refractivity contribution >= 4 is 30.0 Å². The van der Waals surface area contributed by atoms with E-state index in [2.05, 4.69) is 33.1 Å². The normalized spacial score (nSPS) is 12.1. The van der Waals surface area contributed by atoms with Crippen LogP contribution in [0.1, 0.15) is 64.9 Å². The molecule has 4 N–H and O–H groups in total. The number of carbonyl (C=O) groups excluding carboxylic acids is 5. The van der Waals surface area contributed by atoms with Crippen LogP contribution in [0.3, 0.4) is 0 Å². The fourth-order valence-corrected chi connectivity index (χ4v) is 5.70. The highest BCUT2D eigenvalue weighted by atomic mass is 16.6. The first kappa shape index (κ1) is 38.6. The number of ether oxygens (including phenoxy) is 3. The second-order valence-electron chi connectivity index (χ2n) is 13.4. The Kier molecular flexibility index (Phi) is 12.7. The molecule has 4 aromatic rings. The number of rotatable bonds is 11. The van der Waals surface area contributed by atoms with Gasteiger partial charge in [0.1, 0.15) is 24.8 Å². The van der Waals surface area contributed by atoms with E-state index in [0.717, 1.165) is 33.4 Å². The van der Waals surface area contributed by atoms with Gasteiger partial charge in [0.15, 0.2) is 0 Å². The Bertz CT molecular complexity index is 2020. The van der Waals surface area contributed by atoms with E-state index in [1.807, 2.05) is 72.8 Å². The van der Waals surface area contributed by atoms with E-state index in [1.54, 1.807) is 45.0 Å². The highest BCUT2D eigenvalue weighted by molar-refractivity contribution is 5.97. The van der Waals surface area contributed by atoms with Crippen molar-refractivity contribution in [1.82, 2.24) is 21.3 Å². The van der Waals surface area contributed by atoms with Crippen LogP contribution in [0.15, 0.2) is 97.1 Å². The predicted molar refractivity (Wildman–Crippen MR) is 201 cm³/mol. The maximum absolute atomic E-state index is 13.0. The third kappa shape index (κ3) is 10.7. The second kappa shape index (κ2) is 17.7. The van der Waals surface area contributed by atoms with Gasteiger partial charge in [0.2, 0.25) is 5.91 Å². The van der Waals surface area contributed by atoms with Crippen molar-refractivity contribution < 1.29 is 38.2 Å². The van der Waals surface area contributed by atoms with Gasteiger partial charge in [-0.05, 0) is 85.0 Å². The van der Waals surface area contributed by atoms with Gasteiger partial charge in [0.25, 0.3) is 5.91 Å². The number of esters is 1. The number of hydrogen-bond donors (Lipinski definition) is 4. The molecule has 1 aliphatic carbocycles. The Morgan fingerprint density at radius 1 is 0.722 bits per heavy atom. The van der Waals surface area contributed by atoms with Crippen LogP contribution in [0.25, 0.3) is 11.1 Å². The lowest BCUT2D eigenvalue weighted by molar-refractivity contribution is -0.142. The first-order chi connectivity index (χ1) is 25.9. The molecule has 54 heavy (non-hydrogen) atoms. The van der Waals surface area contributed by atoms with Gasteiger partial charge in [-0.15, -0.1) is 0 Å². The summed E-state index contributed by atoms with van der Waals surface area (Å²) in [6.07, 6.45) is -1.39. The van der Waals surface area contributed by atoms with Crippen LogP contribution in [-0.2, 0) is 30.3 Å². The van der Waals surface area contributed by atoms with Crippen molar-refractivity contribution in [2.24, 2.45) is 0 Å². The first-order valence-electron chi connectivity index (χ1n) is 17.3. The number of methoxy groups -OCH3 is 1. The lowest BCUT2D eigenvalue weighted by atomic mass is 9.98. The molecule has 1 aliphatic rings. The number of fused-ring (bicyclic) bond motifs is 3. The molecule has 0 saturated carbocycles. The third-order valence-corrected chi connectivity index (χ3v) is 8.32. The second-order valence-corrected chi connectivity index (χ2v) is 13.4. The van der Waals surface area contributed by atoms with Crippen LogP contribution in [0.2, 0.25) is 0 Å². The molecule has 0 radical (unpaired) electrons. The van der Waals surface area contributed by atoms with Crippen molar-refractivity contribution in [3.63, 3.8) is 0 Å². The van der Waals surface area contributed by atoms with Crippen molar-refractivity contribution in [3.8, 4) is 23.0 Å². The molecule has 0 saturated heterocycles. The van der Waals surface area contributed by atoms with Crippen molar-refractivity contribution in [2.45, 2.75) is 44.9 Å². The predicted octanol–water partition coefficient (Wildman–Crippen LogP) is 5.04. The first-order valence-corrected chi connectivity index (χ1v) is 17.3. The summed E-state index contributed by atoms with van der Waals surface area (Å²) in [6.45, 7) is 5.15. The van der Waals surface area contributed by atoms with Gasteiger partial charge in [-0.1, -0.05) is 72.5 Å².